The summed E-state index contributed by atoms with van der Waals surface area (Å²) in [5.74, 6) is -0.328. The molecule has 0 saturated carbocycles. The number of carbonyl (C=O) groups is 1. The average Bonchev–Trinajstić information content (AvgIpc) is 3.22. The standard InChI is InChI=1S/C51H94BNO4/c1-6-11-15-19-23-27-31-35-39-50(40-36-32-28-24-20-16-12-7-2)46-56-52(48-43-47(44-53-45-48)49(54)55-10-5)57-51(50,41-37-33-29-25-21-17-13-8-3)42-38-34-30-26-22-18-14-9-4/h43-45H,6-42,46H2,1-5H3. The molecule has 6 heteroatoms. The summed E-state index contributed by atoms with van der Waals surface area (Å²) >= 11 is 0. The van der Waals surface area contributed by atoms with Crippen LogP contribution in [0.25, 0.3) is 0 Å². The molecule has 0 spiro atoms. The van der Waals surface area contributed by atoms with Crippen LogP contribution < -0.4 is 5.46 Å². The number of carbonyl (C=O) groups excluding carboxylic acids is 1. The minimum absolute atomic E-state index is 0.00233. The second-order valence-electron chi connectivity index (χ2n) is 18.2. The average molecular weight is 796 g/mol. The molecule has 0 bridgehead atoms. The predicted molar refractivity (Wildman–Crippen MR) is 247 cm³/mol. The number of rotatable bonds is 39. The van der Waals surface area contributed by atoms with E-state index in [1.165, 1.54) is 218 Å². The zero-order valence-corrected chi connectivity index (χ0v) is 38.8. The molecule has 1 aromatic rings. The van der Waals surface area contributed by atoms with Crippen LogP contribution in [0.2, 0.25) is 0 Å². The van der Waals surface area contributed by atoms with Crippen LogP contribution in [0.4, 0.5) is 0 Å². The van der Waals surface area contributed by atoms with E-state index in [-0.39, 0.29) is 17.0 Å². The van der Waals surface area contributed by atoms with Crippen LogP contribution in [-0.2, 0) is 14.0 Å². The van der Waals surface area contributed by atoms with Crippen LogP contribution in [0.15, 0.2) is 18.5 Å². The van der Waals surface area contributed by atoms with Crippen molar-refractivity contribution in [1.29, 1.82) is 0 Å². The Morgan fingerprint density at radius 1 is 0.544 bits per heavy atom. The molecule has 1 fully saturated rings. The van der Waals surface area contributed by atoms with Crippen molar-refractivity contribution in [2.45, 2.75) is 271 Å². The van der Waals surface area contributed by atoms with Gasteiger partial charge >= 0.3 is 13.1 Å². The smallest absolute Gasteiger partial charge is 0.462 e. The summed E-state index contributed by atoms with van der Waals surface area (Å²) in [5, 5.41) is 0. The number of pyridine rings is 1. The van der Waals surface area contributed by atoms with Gasteiger partial charge in [-0.05, 0) is 38.7 Å². The van der Waals surface area contributed by atoms with E-state index in [9.17, 15) is 4.79 Å². The Bertz CT molecular complexity index is 1040. The lowest BCUT2D eigenvalue weighted by atomic mass is 9.58. The number of hydrogen-bond acceptors (Lipinski definition) is 5. The van der Waals surface area contributed by atoms with Gasteiger partial charge in [-0.1, -0.05) is 233 Å². The summed E-state index contributed by atoms with van der Waals surface area (Å²) < 4.78 is 19.9. The van der Waals surface area contributed by atoms with Crippen molar-refractivity contribution >= 4 is 18.6 Å². The number of unbranched alkanes of at least 4 members (excludes halogenated alkanes) is 28. The molecule has 1 aliphatic heterocycles. The minimum atomic E-state index is -0.514. The fraction of sp³-hybridized carbons (Fsp3) is 0.882. The molecule has 2 rings (SSSR count). The van der Waals surface area contributed by atoms with Crippen LogP contribution in [0.5, 0.6) is 0 Å². The van der Waals surface area contributed by atoms with E-state index in [1.54, 1.807) is 6.20 Å². The lowest BCUT2D eigenvalue weighted by molar-refractivity contribution is -0.155. The Morgan fingerprint density at radius 3 is 1.30 bits per heavy atom. The highest BCUT2D eigenvalue weighted by atomic mass is 16.6. The number of hydrogen-bond donors (Lipinski definition) is 0. The topological polar surface area (TPSA) is 57.7 Å². The van der Waals surface area contributed by atoms with E-state index in [0.29, 0.717) is 12.2 Å². The third kappa shape index (κ3) is 21.6. The Labute approximate surface area is 355 Å². The molecule has 5 nitrogen and oxygen atoms in total. The molecule has 330 valence electrons. The molecular weight excluding hydrogens is 701 g/mol. The summed E-state index contributed by atoms with van der Waals surface area (Å²) in [5.41, 5.74) is 1.09. The van der Waals surface area contributed by atoms with Crippen molar-refractivity contribution in [2.75, 3.05) is 13.2 Å². The number of esters is 1. The Morgan fingerprint density at radius 2 is 0.912 bits per heavy atom. The molecule has 0 aromatic carbocycles. The molecule has 57 heavy (non-hydrogen) atoms. The first kappa shape index (κ1) is 51.7. The van der Waals surface area contributed by atoms with Gasteiger partial charge < -0.3 is 14.0 Å². The van der Waals surface area contributed by atoms with Gasteiger partial charge in [-0.25, -0.2) is 4.79 Å². The van der Waals surface area contributed by atoms with E-state index in [4.69, 9.17) is 14.0 Å². The summed E-state index contributed by atoms with van der Waals surface area (Å²) in [6.45, 7) is 12.2. The van der Waals surface area contributed by atoms with Crippen LogP contribution in [0.1, 0.15) is 276 Å². The van der Waals surface area contributed by atoms with Gasteiger partial charge in [0.15, 0.2) is 0 Å². The third-order valence-corrected chi connectivity index (χ3v) is 13.2. The van der Waals surface area contributed by atoms with Crippen LogP contribution in [0, 0.1) is 5.41 Å². The van der Waals surface area contributed by atoms with E-state index in [1.807, 2.05) is 19.2 Å². The summed E-state index contributed by atoms with van der Waals surface area (Å²) in [6.07, 6.45) is 50.7. The van der Waals surface area contributed by atoms with Crippen LogP contribution in [0.3, 0.4) is 0 Å². The third-order valence-electron chi connectivity index (χ3n) is 13.2. The molecule has 1 saturated heterocycles. The van der Waals surface area contributed by atoms with Gasteiger partial charge in [-0.2, -0.15) is 0 Å². The summed E-state index contributed by atoms with van der Waals surface area (Å²) in [6, 6.07) is 1.91. The summed E-state index contributed by atoms with van der Waals surface area (Å²) in [4.78, 5) is 17.3. The van der Waals surface area contributed by atoms with Gasteiger partial charge in [-0.3, -0.25) is 4.98 Å². The van der Waals surface area contributed by atoms with Crippen molar-refractivity contribution in [3.63, 3.8) is 0 Å². The molecule has 0 radical (unpaired) electrons. The maximum atomic E-state index is 12.8. The van der Waals surface area contributed by atoms with Crippen molar-refractivity contribution in [2.24, 2.45) is 5.41 Å². The Hall–Kier alpha value is -1.40. The molecule has 0 unspecified atom stereocenters. The molecule has 0 atom stereocenters. The SMILES string of the molecule is CCCCCCCCCCC1(CCCCCCCCCC)COB(c2cncc(C(=O)OCC)c2)OC1(CCCCCCCCCC)CCCCCCCCCC. The predicted octanol–water partition coefficient (Wildman–Crippen LogP) is 15.8. The molecular formula is C51H94BNO4. The second-order valence-corrected chi connectivity index (χ2v) is 18.2. The second kappa shape index (κ2) is 34.3. The lowest BCUT2D eigenvalue weighted by Crippen LogP contribution is -2.63. The number of ether oxygens (including phenoxy) is 1. The Kier molecular flexibility index (Phi) is 31.2. The van der Waals surface area contributed by atoms with Gasteiger partial charge in [0.25, 0.3) is 0 Å². The molecule has 0 N–H and O–H groups in total. The highest BCUT2D eigenvalue weighted by Crippen LogP contribution is 2.52. The fourth-order valence-corrected chi connectivity index (χ4v) is 9.59. The van der Waals surface area contributed by atoms with E-state index >= 15 is 0 Å². The molecule has 0 amide bonds. The van der Waals surface area contributed by atoms with Crippen molar-refractivity contribution < 1.29 is 18.8 Å². The number of nitrogens with zero attached hydrogens (tertiary/aromatic N) is 1. The van der Waals surface area contributed by atoms with Gasteiger partial charge in [0.05, 0.1) is 17.8 Å². The van der Waals surface area contributed by atoms with Gasteiger partial charge in [-0.15, -0.1) is 0 Å². The lowest BCUT2D eigenvalue weighted by Gasteiger charge is -2.56. The molecule has 1 aromatic heterocycles. The first-order valence-corrected chi connectivity index (χ1v) is 25.4. The zero-order valence-electron chi connectivity index (χ0n) is 38.8. The van der Waals surface area contributed by atoms with Gasteiger partial charge in [0, 0.05) is 29.9 Å². The highest BCUT2D eigenvalue weighted by Gasteiger charge is 2.56. The maximum Gasteiger partial charge on any atom is 0.495 e. The van der Waals surface area contributed by atoms with E-state index < -0.39 is 7.12 Å². The van der Waals surface area contributed by atoms with E-state index in [0.717, 1.165) is 24.9 Å². The number of aromatic nitrogens is 1. The fourth-order valence-electron chi connectivity index (χ4n) is 9.59. The van der Waals surface area contributed by atoms with Gasteiger partial charge in [0.2, 0.25) is 0 Å². The van der Waals surface area contributed by atoms with Crippen LogP contribution in [-0.4, -0.2) is 36.9 Å². The van der Waals surface area contributed by atoms with Crippen molar-refractivity contribution in [3.05, 3.63) is 24.0 Å². The minimum Gasteiger partial charge on any atom is -0.462 e. The maximum absolute atomic E-state index is 12.8. The first-order valence-electron chi connectivity index (χ1n) is 25.4. The Balaban J connectivity index is 2.41. The highest BCUT2D eigenvalue weighted by molar-refractivity contribution is 6.61. The van der Waals surface area contributed by atoms with Crippen molar-refractivity contribution in [1.82, 2.24) is 4.98 Å². The summed E-state index contributed by atoms with van der Waals surface area (Å²) in [7, 11) is -0.514. The quantitative estimate of drug-likeness (QED) is 0.0377. The monoisotopic (exact) mass is 796 g/mol. The molecule has 1 aliphatic rings. The van der Waals surface area contributed by atoms with E-state index in [2.05, 4.69) is 32.7 Å². The van der Waals surface area contributed by atoms with Crippen molar-refractivity contribution in [3.8, 4) is 0 Å². The molecule has 2 heterocycles. The largest absolute Gasteiger partial charge is 0.495 e. The van der Waals surface area contributed by atoms with Gasteiger partial charge in [0.1, 0.15) is 0 Å². The normalized spacial score (nSPS) is 15.0. The first-order chi connectivity index (χ1) is 28.0. The molecule has 0 aliphatic carbocycles. The zero-order chi connectivity index (χ0) is 41.1. The van der Waals surface area contributed by atoms with Crippen LogP contribution >= 0.6 is 0 Å².